The van der Waals surface area contributed by atoms with Gasteiger partial charge in [0.05, 0.1) is 0 Å². The number of rotatable bonds is 3. The SMILES string of the molecule is CCN(c1ccccc1)c1cccc(F)n1. The molecule has 1 aromatic heterocycles. The molecule has 0 amide bonds. The van der Waals surface area contributed by atoms with Crippen molar-refractivity contribution in [2.45, 2.75) is 6.92 Å². The second-order valence-corrected chi connectivity index (χ2v) is 3.40. The van der Waals surface area contributed by atoms with E-state index in [2.05, 4.69) is 4.98 Å². The predicted molar refractivity (Wildman–Crippen MR) is 63.3 cm³/mol. The van der Waals surface area contributed by atoms with Gasteiger partial charge in [0.1, 0.15) is 5.82 Å². The highest BCUT2D eigenvalue weighted by Gasteiger charge is 2.08. The monoisotopic (exact) mass is 216 g/mol. The number of hydrogen-bond acceptors (Lipinski definition) is 2. The van der Waals surface area contributed by atoms with Gasteiger partial charge in [-0.05, 0) is 31.2 Å². The summed E-state index contributed by atoms with van der Waals surface area (Å²) in [4.78, 5) is 5.84. The molecular weight excluding hydrogens is 203 g/mol. The van der Waals surface area contributed by atoms with Crippen LogP contribution in [0.15, 0.2) is 48.5 Å². The molecule has 2 aromatic rings. The molecule has 0 saturated carbocycles. The Kier molecular flexibility index (Phi) is 3.15. The number of halogens is 1. The van der Waals surface area contributed by atoms with Crippen molar-refractivity contribution in [2.75, 3.05) is 11.4 Å². The number of pyridine rings is 1. The molecule has 0 fully saturated rings. The summed E-state index contributed by atoms with van der Waals surface area (Å²) in [6.45, 7) is 2.76. The van der Waals surface area contributed by atoms with E-state index in [0.717, 1.165) is 12.2 Å². The highest BCUT2D eigenvalue weighted by molar-refractivity contribution is 5.59. The Hall–Kier alpha value is -1.90. The molecule has 0 spiro atoms. The number of anilines is 2. The van der Waals surface area contributed by atoms with Gasteiger partial charge in [-0.25, -0.2) is 4.98 Å². The maximum atomic E-state index is 13.0. The smallest absolute Gasteiger partial charge is 0.214 e. The first-order valence-electron chi connectivity index (χ1n) is 5.26. The van der Waals surface area contributed by atoms with Gasteiger partial charge in [0.15, 0.2) is 0 Å². The van der Waals surface area contributed by atoms with E-state index in [9.17, 15) is 4.39 Å². The molecule has 1 heterocycles. The Morgan fingerprint density at radius 3 is 2.44 bits per heavy atom. The summed E-state index contributed by atoms with van der Waals surface area (Å²) in [5.41, 5.74) is 1.02. The third-order valence-electron chi connectivity index (χ3n) is 2.36. The molecule has 2 rings (SSSR count). The molecule has 0 aliphatic carbocycles. The molecule has 2 nitrogen and oxygen atoms in total. The van der Waals surface area contributed by atoms with Crippen LogP contribution in [-0.4, -0.2) is 11.5 Å². The molecule has 1 aromatic carbocycles. The van der Waals surface area contributed by atoms with E-state index in [-0.39, 0.29) is 0 Å². The quantitative estimate of drug-likeness (QED) is 0.731. The van der Waals surface area contributed by atoms with E-state index in [1.54, 1.807) is 12.1 Å². The summed E-state index contributed by atoms with van der Waals surface area (Å²) >= 11 is 0. The first-order chi connectivity index (χ1) is 7.81. The topological polar surface area (TPSA) is 16.1 Å². The molecule has 0 aliphatic rings. The second-order valence-electron chi connectivity index (χ2n) is 3.40. The molecule has 0 N–H and O–H groups in total. The molecule has 0 radical (unpaired) electrons. The number of hydrogen-bond donors (Lipinski definition) is 0. The van der Waals surface area contributed by atoms with E-state index in [0.29, 0.717) is 5.82 Å². The number of aromatic nitrogens is 1. The normalized spacial score (nSPS) is 10.1. The van der Waals surface area contributed by atoms with Gasteiger partial charge >= 0.3 is 0 Å². The Morgan fingerprint density at radius 2 is 1.81 bits per heavy atom. The Balaban J connectivity index is 2.37. The van der Waals surface area contributed by atoms with Crippen LogP contribution in [0, 0.1) is 5.95 Å². The summed E-state index contributed by atoms with van der Waals surface area (Å²) in [5.74, 6) is 0.181. The number of nitrogens with zero attached hydrogens (tertiary/aromatic N) is 2. The summed E-state index contributed by atoms with van der Waals surface area (Å²) in [5, 5.41) is 0. The number of benzene rings is 1. The summed E-state index contributed by atoms with van der Waals surface area (Å²) < 4.78 is 13.0. The fourth-order valence-electron chi connectivity index (χ4n) is 1.63. The van der Waals surface area contributed by atoms with Crippen molar-refractivity contribution in [3.8, 4) is 0 Å². The molecule has 82 valence electrons. The van der Waals surface area contributed by atoms with Crippen LogP contribution in [0.25, 0.3) is 0 Å². The third-order valence-corrected chi connectivity index (χ3v) is 2.36. The molecular formula is C13H13FN2. The lowest BCUT2D eigenvalue weighted by molar-refractivity contribution is 0.583. The molecule has 0 unspecified atom stereocenters. The highest BCUT2D eigenvalue weighted by atomic mass is 19.1. The van der Waals surface area contributed by atoms with Crippen molar-refractivity contribution < 1.29 is 4.39 Å². The number of para-hydroxylation sites is 1. The average molecular weight is 216 g/mol. The molecule has 16 heavy (non-hydrogen) atoms. The van der Waals surface area contributed by atoms with Crippen molar-refractivity contribution in [1.82, 2.24) is 4.98 Å². The zero-order valence-electron chi connectivity index (χ0n) is 9.10. The van der Waals surface area contributed by atoms with Crippen LogP contribution in [-0.2, 0) is 0 Å². The maximum Gasteiger partial charge on any atom is 0.214 e. The summed E-state index contributed by atoms with van der Waals surface area (Å²) in [6.07, 6.45) is 0. The Labute approximate surface area is 94.4 Å². The van der Waals surface area contributed by atoms with E-state index in [1.165, 1.54) is 6.07 Å². The third kappa shape index (κ3) is 2.19. The van der Waals surface area contributed by atoms with E-state index in [4.69, 9.17) is 0 Å². The van der Waals surface area contributed by atoms with Gasteiger partial charge < -0.3 is 4.90 Å². The van der Waals surface area contributed by atoms with E-state index < -0.39 is 5.95 Å². The van der Waals surface area contributed by atoms with Crippen molar-refractivity contribution in [2.24, 2.45) is 0 Å². The lowest BCUT2D eigenvalue weighted by Gasteiger charge is -2.21. The summed E-state index contributed by atoms with van der Waals surface area (Å²) in [7, 11) is 0. The standard InChI is InChI=1S/C13H13FN2/c1-2-16(11-7-4-3-5-8-11)13-10-6-9-12(14)15-13/h3-10H,2H2,1H3. The van der Waals surface area contributed by atoms with Crippen LogP contribution in [0.5, 0.6) is 0 Å². The van der Waals surface area contributed by atoms with E-state index in [1.807, 2.05) is 42.2 Å². The lowest BCUT2D eigenvalue weighted by Crippen LogP contribution is -2.17. The second kappa shape index (κ2) is 4.75. The average Bonchev–Trinajstić information content (AvgIpc) is 2.31. The van der Waals surface area contributed by atoms with Crippen LogP contribution < -0.4 is 4.90 Å². The van der Waals surface area contributed by atoms with Crippen LogP contribution >= 0.6 is 0 Å². The fraction of sp³-hybridized carbons (Fsp3) is 0.154. The minimum atomic E-state index is -0.452. The van der Waals surface area contributed by atoms with Crippen molar-refractivity contribution in [1.29, 1.82) is 0 Å². The van der Waals surface area contributed by atoms with Crippen molar-refractivity contribution >= 4 is 11.5 Å². The first kappa shape index (κ1) is 10.6. The zero-order valence-corrected chi connectivity index (χ0v) is 9.10. The van der Waals surface area contributed by atoms with Crippen molar-refractivity contribution in [3.05, 3.63) is 54.5 Å². The van der Waals surface area contributed by atoms with Gasteiger partial charge in [-0.3, -0.25) is 0 Å². The van der Waals surface area contributed by atoms with Gasteiger partial charge in [0, 0.05) is 12.2 Å². The molecule has 3 heteroatoms. The molecule has 0 atom stereocenters. The van der Waals surface area contributed by atoms with Gasteiger partial charge in [0.2, 0.25) is 5.95 Å². The van der Waals surface area contributed by atoms with Crippen molar-refractivity contribution in [3.63, 3.8) is 0 Å². The maximum absolute atomic E-state index is 13.0. The highest BCUT2D eigenvalue weighted by Crippen LogP contribution is 2.22. The van der Waals surface area contributed by atoms with Crippen LogP contribution in [0.4, 0.5) is 15.9 Å². The van der Waals surface area contributed by atoms with E-state index >= 15 is 0 Å². The van der Waals surface area contributed by atoms with Gasteiger partial charge in [0.25, 0.3) is 0 Å². The molecule has 0 bridgehead atoms. The fourth-order valence-corrected chi connectivity index (χ4v) is 1.63. The summed E-state index contributed by atoms with van der Waals surface area (Å²) in [6, 6.07) is 14.7. The van der Waals surface area contributed by atoms with Crippen LogP contribution in [0.1, 0.15) is 6.92 Å². The Morgan fingerprint density at radius 1 is 1.06 bits per heavy atom. The van der Waals surface area contributed by atoms with Gasteiger partial charge in [-0.15, -0.1) is 0 Å². The largest absolute Gasteiger partial charge is 0.327 e. The predicted octanol–water partition coefficient (Wildman–Crippen LogP) is 3.38. The minimum Gasteiger partial charge on any atom is -0.327 e. The van der Waals surface area contributed by atoms with Crippen LogP contribution in [0.2, 0.25) is 0 Å². The zero-order chi connectivity index (χ0) is 11.4. The minimum absolute atomic E-state index is 0.452. The molecule has 0 aliphatic heterocycles. The first-order valence-corrected chi connectivity index (χ1v) is 5.26. The van der Waals surface area contributed by atoms with Gasteiger partial charge in [-0.2, -0.15) is 4.39 Å². The van der Waals surface area contributed by atoms with Gasteiger partial charge in [-0.1, -0.05) is 24.3 Å². The van der Waals surface area contributed by atoms with Crippen LogP contribution in [0.3, 0.4) is 0 Å². The molecule has 0 saturated heterocycles. The Bertz CT molecular complexity index is 456. The lowest BCUT2D eigenvalue weighted by atomic mass is 10.3.